The molecule has 0 atom stereocenters. The summed E-state index contributed by atoms with van der Waals surface area (Å²) in [5, 5.41) is 8.75. The van der Waals surface area contributed by atoms with Crippen LogP contribution in [0.25, 0.3) is 0 Å². The van der Waals surface area contributed by atoms with E-state index in [2.05, 4.69) is 13.8 Å². The summed E-state index contributed by atoms with van der Waals surface area (Å²) in [4.78, 5) is 24.6. The first-order valence-electron chi connectivity index (χ1n) is 6.87. The molecule has 1 amide bonds. The Morgan fingerprint density at radius 1 is 1.22 bits per heavy atom. The van der Waals surface area contributed by atoms with Crippen LogP contribution in [0.2, 0.25) is 0 Å². The minimum Gasteiger partial charge on any atom is -0.481 e. The lowest BCUT2D eigenvalue weighted by molar-refractivity contribution is -0.138. The monoisotopic (exact) mass is 255 g/mol. The van der Waals surface area contributed by atoms with Crippen molar-refractivity contribution in [2.45, 2.75) is 46.0 Å². The van der Waals surface area contributed by atoms with Crippen LogP contribution in [0.5, 0.6) is 0 Å². The topological polar surface area (TPSA) is 57.6 Å². The highest BCUT2D eigenvalue weighted by atomic mass is 16.4. The molecule has 1 aliphatic rings. The van der Waals surface area contributed by atoms with Crippen molar-refractivity contribution in [3.05, 3.63) is 0 Å². The first-order chi connectivity index (χ1) is 8.40. The Kier molecular flexibility index (Phi) is 5.63. The van der Waals surface area contributed by atoms with E-state index in [4.69, 9.17) is 5.11 Å². The molecule has 0 aromatic carbocycles. The molecule has 0 radical (unpaired) electrons. The Morgan fingerprint density at radius 3 is 2.22 bits per heavy atom. The number of hydrogen-bond acceptors (Lipinski definition) is 2. The van der Waals surface area contributed by atoms with Crippen molar-refractivity contribution in [1.29, 1.82) is 0 Å². The summed E-state index contributed by atoms with van der Waals surface area (Å²) >= 11 is 0. The van der Waals surface area contributed by atoms with E-state index in [-0.39, 0.29) is 24.2 Å². The summed E-state index contributed by atoms with van der Waals surface area (Å²) in [5.74, 6) is 0.377. The van der Waals surface area contributed by atoms with E-state index >= 15 is 0 Å². The third-order valence-electron chi connectivity index (χ3n) is 3.67. The SMILES string of the molecule is CC(C)CN(C)C(=O)C1CCC(CC(=O)O)CC1. The maximum absolute atomic E-state index is 12.2. The number of nitrogens with zero attached hydrogens (tertiary/aromatic N) is 1. The third-order valence-corrected chi connectivity index (χ3v) is 3.67. The fourth-order valence-corrected chi connectivity index (χ4v) is 2.81. The fraction of sp³-hybridized carbons (Fsp3) is 0.857. The average molecular weight is 255 g/mol. The number of carbonyl (C=O) groups is 2. The highest BCUT2D eigenvalue weighted by Gasteiger charge is 2.29. The number of carboxylic acids is 1. The molecule has 0 aliphatic heterocycles. The second kappa shape index (κ2) is 6.76. The van der Waals surface area contributed by atoms with E-state index in [1.54, 1.807) is 0 Å². The van der Waals surface area contributed by atoms with Gasteiger partial charge in [-0.25, -0.2) is 0 Å². The van der Waals surface area contributed by atoms with Crippen LogP contribution in [0.1, 0.15) is 46.0 Å². The third kappa shape index (κ3) is 4.67. The molecule has 1 aliphatic carbocycles. The van der Waals surface area contributed by atoms with E-state index < -0.39 is 5.97 Å². The smallest absolute Gasteiger partial charge is 0.303 e. The number of carbonyl (C=O) groups excluding carboxylic acids is 1. The molecule has 104 valence electrons. The van der Waals surface area contributed by atoms with Gasteiger partial charge in [-0.2, -0.15) is 0 Å². The predicted octanol–water partition coefficient (Wildman–Crippen LogP) is 2.38. The van der Waals surface area contributed by atoms with E-state index in [0.29, 0.717) is 5.92 Å². The minimum absolute atomic E-state index is 0.110. The Morgan fingerprint density at radius 2 is 1.78 bits per heavy atom. The van der Waals surface area contributed by atoms with Crippen LogP contribution in [0.3, 0.4) is 0 Å². The number of aliphatic carboxylic acids is 1. The zero-order valence-corrected chi connectivity index (χ0v) is 11.7. The predicted molar refractivity (Wildman–Crippen MR) is 70.2 cm³/mol. The maximum Gasteiger partial charge on any atom is 0.303 e. The van der Waals surface area contributed by atoms with Gasteiger partial charge < -0.3 is 10.0 Å². The van der Waals surface area contributed by atoms with Gasteiger partial charge in [0.15, 0.2) is 0 Å². The summed E-state index contributed by atoms with van der Waals surface area (Å²) in [7, 11) is 1.87. The maximum atomic E-state index is 12.2. The number of rotatable bonds is 5. The van der Waals surface area contributed by atoms with E-state index in [0.717, 1.165) is 32.2 Å². The molecule has 0 unspecified atom stereocenters. The van der Waals surface area contributed by atoms with E-state index in [1.165, 1.54) is 0 Å². The molecule has 18 heavy (non-hydrogen) atoms. The van der Waals surface area contributed by atoms with Gasteiger partial charge in [0.05, 0.1) is 0 Å². The molecule has 0 heterocycles. The molecular formula is C14H25NO3. The molecule has 0 aromatic rings. The van der Waals surface area contributed by atoms with Crippen LogP contribution in [0.15, 0.2) is 0 Å². The van der Waals surface area contributed by atoms with Crippen LogP contribution in [0.4, 0.5) is 0 Å². The Bertz CT molecular complexity index is 293. The quantitative estimate of drug-likeness (QED) is 0.820. The Hall–Kier alpha value is -1.06. The fourth-order valence-electron chi connectivity index (χ4n) is 2.81. The van der Waals surface area contributed by atoms with Crippen molar-refractivity contribution in [2.24, 2.45) is 17.8 Å². The molecule has 4 nitrogen and oxygen atoms in total. The van der Waals surface area contributed by atoms with Crippen molar-refractivity contribution >= 4 is 11.9 Å². The molecule has 1 saturated carbocycles. The second-order valence-electron chi connectivity index (χ2n) is 5.93. The standard InChI is InChI=1S/C14H25NO3/c1-10(2)9-15(3)14(18)12-6-4-11(5-7-12)8-13(16)17/h10-12H,4-9H2,1-3H3,(H,16,17). The zero-order chi connectivity index (χ0) is 13.7. The lowest BCUT2D eigenvalue weighted by Gasteiger charge is -2.30. The summed E-state index contributed by atoms with van der Waals surface area (Å²) in [6.07, 6.45) is 3.69. The molecule has 0 saturated heterocycles. The molecule has 0 bridgehead atoms. The minimum atomic E-state index is -0.721. The molecular weight excluding hydrogens is 230 g/mol. The van der Waals surface area contributed by atoms with E-state index in [9.17, 15) is 9.59 Å². The van der Waals surface area contributed by atoms with Crippen molar-refractivity contribution in [2.75, 3.05) is 13.6 Å². The summed E-state index contributed by atoms with van der Waals surface area (Å²) in [6, 6.07) is 0. The van der Waals surface area contributed by atoms with Crippen molar-refractivity contribution in [3.8, 4) is 0 Å². The molecule has 0 spiro atoms. The molecule has 4 heteroatoms. The first-order valence-corrected chi connectivity index (χ1v) is 6.87. The Labute approximate surface area is 109 Å². The first kappa shape index (κ1) is 15.0. The largest absolute Gasteiger partial charge is 0.481 e. The van der Waals surface area contributed by atoms with Gasteiger partial charge >= 0.3 is 5.97 Å². The van der Waals surface area contributed by atoms with Crippen molar-refractivity contribution in [1.82, 2.24) is 4.90 Å². The van der Waals surface area contributed by atoms with Gasteiger partial charge in [-0.3, -0.25) is 9.59 Å². The van der Waals surface area contributed by atoms with Gasteiger partial charge in [-0.05, 0) is 37.5 Å². The highest BCUT2D eigenvalue weighted by Crippen LogP contribution is 2.31. The van der Waals surface area contributed by atoms with Gasteiger partial charge in [-0.15, -0.1) is 0 Å². The lowest BCUT2D eigenvalue weighted by atomic mass is 9.80. The van der Waals surface area contributed by atoms with Crippen LogP contribution in [-0.2, 0) is 9.59 Å². The van der Waals surface area contributed by atoms with Gasteiger partial charge in [0, 0.05) is 25.9 Å². The van der Waals surface area contributed by atoms with Gasteiger partial charge in [0.2, 0.25) is 5.91 Å². The van der Waals surface area contributed by atoms with Crippen LogP contribution in [-0.4, -0.2) is 35.5 Å². The summed E-state index contributed by atoms with van der Waals surface area (Å²) in [6.45, 7) is 5.01. The van der Waals surface area contributed by atoms with Gasteiger partial charge in [0.25, 0.3) is 0 Å². The number of amides is 1. The van der Waals surface area contributed by atoms with Crippen molar-refractivity contribution in [3.63, 3.8) is 0 Å². The summed E-state index contributed by atoms with van der Waals surface area (Å²) < 4.78 is 0. The van der Waals surface area contributed by atoms with Crippen LogP contribution < -0.4 is 0 Å². The lowest BCUT2D eigenvalue weighted by Crippen LogP contribution is -2.37. The Balaban J connectivity index is 2.38. The molecule has 1 fully saturated rings. The van der Waals surface area contributed by atoms with Crippen LogP contribution >= 0.6 is 0 Å². The normalized spacial score (nSPS) is 24.0. The summed E-state index contributed by atoms with van der Waals surface area (Å²) in [5.41, 5.74) is 0. The zero-order valence-electron chi connectivity index (χ0n) is 11.7. The van der Waals surface area contributed by atoms with Crippen LogP contribution in [0, 0.1) is 17.8 Å². The average Bonchev–Trinajstić information content (AvgIpc) is 2.27. The molecule has 1 rings (SSSR count). The second-order valence-corrected chi connectivity index (χ2v) is 5.93. The number of hydrogen-bond donors (Lipinski definition) is 1. The van der Waals surface area contributed by atoms with Gasteiger partial charge in [-0.1, -0.05) is 13.8 Å². The van der Waals surface area contributed by atoms with E-state index in [1.807, 2.05) is 11.9 Å². The van der Waals surface area contributed by atoms with Crippen molar-refractivity contribution < 1.29 is 14.7 Å². The van der Waals surface area contributed by atoms with Gasteiger partial charge in [0.1, 0.15) is 0 Å². The molecule has 0 aromatic heterocycles. The highest BCUT2D eigenvalue weighted by molar-refractivity contribution is 5.78. The number of carboxylic acid groups (broad SMARTS) is 1. The molecule has 1 N–H and O–H groups in total.